The number of amides is 1. The van der Waals surface area contributed by atoms with Crippen LogP contribution in [-0.2, 0) is 4.79 Å². The molecule has 1 heterocycles. The van der Waals surface area contributed by atoms with Crippen LogP contribution in [0.15, 0.2) is 0 Å². The third-order valence-electron chi connectivity index (χ3n) is 4.14. The van der Waals surface area contributed by atoms with Gasteiger partial charge in [0.2, 0.25) is 5.91 Å². The van der Waals surface area contributed by atoms with Crippen LogP contribution in [0.4, 0.5) is 0 Å². The third kappa shape index (κ3) is 1.11. The summed E-state index contributed by atoms with van der Waals surface area (Å²) in [7, 11) is 0. The Balaban J connectivity index is 2.29. The zero-order valence-corrected chi connectivity index (χ0v) is 8.60. The Kier molecular flexibility index (Phi) is 2.09. The lowest BCUT2D eigenvalue weighted by Crippen LogP contribution is -2.37. The van der Waals surface area contributed by atoms with E-state index in [1.807, 2.05) is 0 Å². The van der Waals surface area contributed by atoms with E-state index >= 15 is 0 Å². The third-order valence-corrected chi connectivity index (χ3v) is 4.14. The number of carbonyl (C=O) groups is 1. The minimum absolute atomic E-state index is 0.0116. The molecule has 1 N–H and O–H groups in total. The van der Waals surface area contributed by atoms with E-state index in [1.165, 1.54) is 19.3 Å². The van der Waals surface area contributed by atoms with Gasteiger partial charge in [0.25, 0.3) is 0 Å². The van der Waals surface area contributed by atoms with E-state index in [0.29, 0.717) is 17.9 Å². The molecule has 2 fully saturated rings. The van der Waals surface area contributed by atoms with E-state index in [4.69, 9.17) is 0 Å². The standard InChI is InChI=1S/C11H19NO/c1-3-11-7-5-4-6-9(11)8(2)12-10(11)13/h8-9H,3-7H2,1-2H3,(H,12,13). The van der Waals surface area contributed by atoms with Crippen molar-refractivity contribution in [2.75, 3.05) is 0 Å². The summed E-state index contributed by atoms with van der Waals surface area (Å²) >= 11 is 0. The first-order valence-electron chi connectivity index (χ1n) is 5.51. The van der Waals surface area contributed by atoms with Gasteiger partial charge in [-0.15, -0.1) is 0 Å². The quantitative estimate of drug-likeness (QED) is 0.659. The van der Waals surface area contributed by atoms with Crippen LogP contribution in [0.5, 0.6) is 0 Å². The van der Waals surface area contributed by atoms with E-state index in [9.17, 15) is 4.79 Å². The fourth-order valence-electron chi connectivity index (χ4n) is 3.33. The van der Waals surface area contributed by atoms with Crippen molar-refractivity contribution in [2.45, 2.75) is 52.0 Å². The van der Waals surface area contributed by atoms with Crippen LogP contribution in [0, 0.1) is 11.3 Å². The van der Waals surface area contributed by atoms with Crippen molar-refractivity contribution in [3.8, 4) is 0 Å². The summed E-state index contributed by atoms with van der Waals surface area (Å²) in [5.74, 6) is 0.936. The number of hydrogen-bond donors (Lipinski definition) is 1. The Morgan fingerprint density at radius 3 is 2.92 bits per heavy atom. The minimum atomic E-state index is 0.0116. The lowest BCUT2D eigenvalue weighted by Gasteiger charge is -2.36. The monoisotopic (exact) mass is 181 g/mol. The first-order valence-corrected chi connectivity index (χ1v) is 5.51. The van der Waals surface area contributed by atoms with Gasteiger partial charge in [-0.1, -0.05) is 19.8 Å². The second-order valence-electron chi connectivity index (χ2n) is 4.62. The van der Waals surface area contributed by atoms with Crippen molar-refractivity contribution in [3.05, 3.63) is 0 Å². The number of rotatable bonds is 1. The molecule has 0 aromatic carbocycles. The average molecular weight is 181 g/mol. The molecule has 0 bridgehead atoms. The van der Waals surface area contributed by atoms with Gasteiger partial charge in [0.15, 0.2) is 0 Å². The molecule has 1 amide bonds. The minimum Gasteiger partial charge on any atom is -0.353 e. The van der Waals surface area contributed by atoms with Gasteiger partial charge in [-0.05, 0) is 32.1 Å². The van der Waals surface area contributed by atoms with E-state index in [-0.39, 0.29) is 5.41 Å². The topological polar surface area (TPSA) is 29.1 Å². The van der Waals surface area contributed by atoms with Crippen LogP contribution in [-0.4, -0.2) is 11.9 Å². The van der Waals surface area contributed by atoms with Crippen molar-refractivity contribution < 1.29 is 4.79 Å². The molecule has 74 valence electrons. The van der Waals surface area contributed by atoms with Gasteiger partial charge < -0.3 is 5.32 Å². The molecule has 2 nitrogen and oxygen atoms in total. The van der Waals surface area contributed by atoms with Crippen molar-refractivity contribution in [1.82, 2.24) is 5.32 Å². The van der Waals surface area contributed by atoms with E-state index in [1.54, 1.807) is 0 Å². The fourth-order valence-corrected chi connectivity index (χ4v) is 3.33. The summed E-state index contributed by atoms with van der Waals surface area (Å²) in [5.41, 5.74) is 0.0116. The van der Waals surface area contributed by atoms with Gasteiger partial charge in [-0.3, -0.25) is 4.79 Å². The number of hydrogen-bond acceptors (Lipinski definition) is 1. The molecule has 2 heteroatoms. The lowest BCUT2D eigenvalue weighted by molar-refractivity contribution is -0.130. The van der Waals surface area contributed by atoms with Crippen LogP contribution in [0.1, 0.15) is 46.0 Å². The highest BCUT2D eigenvalue weighted by Crippen LogP contribution is 2.49. The van der Waals surface area contributed by atoms with Crippen molar-refractivity contribution in [2.24, 2.45) is 11.3 Å². The Morgan fingerprint density at radius 1 is 1.54 bits per heavy atom. The van der Waals surface area contributed by atoms with Crippen LogP contribution in [0.3, 0.4) is 0 Å². The van der Waals surface area contributed by atoms with Gasteiger partial charge in [0.1, 0.15) is 0 Å². The van der Waals surface area contributed by atoms with Crippen molar-refractivity contribution in [3.63, 3.8) is 0 Å². The smallest absolute Gasteiger partial charge is 0.226 e. The molecule has 2 aliphatic rings. The molecule has 3 atom stereocenters. The highest BCUT2D eigenvalue weighted by Gasteiger charge is 2.52. The molecular formula is C11H19NO. The molecule has 1 aliphatic carbocycles. The van der Waals surface area contributed by atoms with Crippen LogP contribution < -0.4 is 5.32 Å². The van der Waals surface area contributed by atoms with Crippen molar-refractivity contribution >= 4 is 5.91 Å². The maximum atomic E-state index is 11.9. The lowest BCUT2D eigenvalue weighted by atomic mass is 9.65. The van der Waals surface area contributed by atoms with Crippen molar-refractivity contribution in [1.29, 1.82) is 0 Å². The number of carbonyl (C=O) groups excluding carboxylic acids is 1. The predicted octanol–water partition coefficient (Wildman–Crippen LogP) is 2.09. The first-order chi connectivity index (χ1) is 6.20. The largest absolute Gasteiger partial charge is 0.353 e. The zero-order valence-electron chi connectivity index (χ0n) is 8.60. The Hall–Kier alpha value is -0.530. The second kappa shape index (κ2) is 3.00. The molecule has 2 rings (SSSR count). The molecule has 1 saturated carbocycles. The van der Waals surface area contributed by atoms with E-state index < -0.39 is 0 Å². The summed E-state index contributed by atoms with van der Waals surface area (Å²) in [6, 6.07) is 0.410. The molecule has 0 radical (unpaired) electrons. The normalized spacial score (nSPS) is 44.3. The van der Waals surface area contributed by atoms with Gasteiger partial charge in [-0.2, -0.15) is 0 Å². The van der Waals surface area contributed by atoms with Gasteiger partial charge in [-0.25, -0.2) is 0 Å². The SMILES string of the molecule is CCC12CCCCC1C(C)NC2=O. The van der Waals surface area contributed by atoms with Gasteiger partial charge >= 0.3 is 0 Å². The first kappa shape index (κ1) is 9.04. The summed E-state index contributed by atoms with van der Waals surface area (Å²) in [4.78, 5) is 11.9. The number of fused-ring (bicyclic) bond motifs is 1. The number of nitrogens with one attached hydrogen (secondary N) is 1. The fraction of sp³-hybridized carbons (Fsp3) is 0.909. The Morgan fingerprint density at radius 2 is 2.31 bits per heavy atom. The maximum Gasteiger partial charge on any atom is 0.226 e. The molecule has 0 aromatic heterocycles. The highest BCUT2D eigenvalue weighted by atomic mass is 16.2. The average Bonchev–Trinajstić information content (AvgIpc) is 2.41. The van der Waals surface area contributed by atoms with Crippen LogP contribution in [0.25, 0.3) is 0 Å². The maximum absolute atomic E-state index is 11.9. The Bertz CT molecular complexity index is 226. The molecule has 1 saturated heterocycles. The Labute approximate surface area is 80.1 Å². The van der Waals surface area contributed by atoms with E-state index in [0.717, 1.165) is 12.8 Å². The van der Waals surface area contributed by atoms with E-state index in [2.05, 4.69) is 19.2 Å². The predicted molar refractivity (Wildman–Crippen MR) is 52.3 cm³/mol. The zero-order chi connectivity index (χ0) is 9.47. The molecule has 0 spiro atoms. The second-order valence-corrected chi connectivity index (χ2v) is 4.62. The van der Waals surface area contributed by atoms with Gasteiger partial charge in [0.05, 0.1) is 5.41 Å². The van der Waals surface area contributed by atoms with Gasteiger partial charge in [0, 0.05) is 6.04 Å². The molecule has 1 aliphatic heterocycles. The van der Waals surface area contributed by atoms with Crippen LogP contribution >= 0.6 is 0 Å². The van der Waals surface area contributed by atoms with Crippen LogP contribution in [0.2, 0.25) is 0 Å². The summed E-state index contributed by atoms with van der Waals surface area (Å²) in [5, 5.41) is 3.11. The summed E-state index contributed by atoms with van der Waals surface area (Å²) in [6.07, 6.45) is 5.93. The molecule has 3 unspecified atom stereocenters. The highest BCUT2D eigenvalue weighted by molar-refractivity contribution is 5.85. The molecular weight excluding hydrogens is 162 g/mol. The molecule has 0 aromatic rings. The summed E-state index contributed by atoms with van der Waals surface area (Å²) in [6.45, 7) is 4.32. The summed E-state index contributed by atoms with van der Waals surface area (Å²) < 4.78 is 0. The molecule has 13 heavy (non-hydrogen) atoms.